The van der Waals surface area contributed by atoms with Gasteiger partial charge in [-0.05, 0) is 24.1 Å². The van der Waals surface area contributed by atoms with Crippen LogP contribution in [0.1, 0.15) is 25.8 Å². The molecule has 0 spiro atoms. The molecule has 1 aliphatic rings. The average molecular weight is 318 g/mol. The predicted octanol–water partition coefficient (Wildman–Crippen LogP) is 1.95. The molecule has 1 aliphatic heterocycles. The summed E-state index contributed by atoms with van der Waals surface area (Å²) in [6.07, 6.45) is 1.21. The number of amides is 2. The van der Waals surface area contributed by atoms with Crippen LogP contribution in [0.3, 0.4) is 0 Å². The van der Waals surface area contributed by atoms with Crippen molar-refractivity contribution in [1.82, 2.24) is 9.80 Å². The molecular formula is C18H26N2O3. The third kappa shape index (κ3) is 4.71. The summed E-state index contributed by atoms with van der Waals surface area (Å²) in [6, 6.07) is 7.60. The first-order valence-electron chi connectivity index (χ1n) is 8.20. The van der Waals surface area contributed by atoms with Crippen molar-refractivity contribution in [3.8, 4) is 5.75 Å². The van der Waals surface area contributed by atoms with Gasteiger partial charge in [0.15, 0.2) is 0 Å². The summed E-state index contributed by atoms with van der Waals surface area (Å²) in [7, 11) is 1.62. The van der Waals surface area contributed by atoms with Gasteiger partial charge in [0.2, 0.25) is 11.8 Å². The van der Waals surface area contributed by atoms with Crippen LogP contribution in [0, 0.1) is 5.92 Å². The Bertz CT molecular complexity index is 557. The molecular weight excluding hydrogens is 292 g/mol. The van der Waals surface area contributed by atoms with Crippen molar-refractivity contribution < 1.29 is 14.3 Å². The molecule has 0 atom stereocenters. The highest BCUT2D eigenvalue weighted by Gasteiger charge is 2.23. The molecule has 0 bridgehead atoms. The van der Waals surface area contributed by atoms with Crippen molar-refractivity contribution in [3.63, 3.8) is 0 Å². The minimum atomic E-state index is 0.00837. The zero-order valence-corrected chi connectivity index (χ0v) is 14.2. The summed E-state index contributed by atoms with van der Waals surface area (Å²) in [5, 5.41) is 0. The highest BCUT2D eigenvalue weighted by Crippen LogP contribution is 2.15. The quantitative estimate of drug-likeness (QED) is 0.852. The first-order valence-corrected chi connectivity index (χ1v) is 8.20. The zero-order chi connectivity index (χ0) is 16.8. The van der Waals surface area contributed by atoms with Crippen LogP contribution < -0.4 is 4.74 Å². The number of methoxy groups -OCH3 is 1. The van der Waals surface area contributed by atoms with Crippen molar-refractivity contribution in [2.45, 2.75) is 26.7 Å². The van der Waals surface area contributed by atoms with Gasteiger partial charge in [0.25, 0.3) is 0 Å². The Kier molecular flexibility index (Phi) is 6.02. The Hall–Kier alpha value is -2.04. The van der Waals surface area contributed by atoms with Gasteiger partial charge in [0.1, 0.15) is 5.75 Å². The number of ether oxygens (including phenoxy) is 1. The molecule has 1 fully saturated rings. The maximum atomic E-state index is 12.5. The van der Waals surface area contributed by atoms with Gasteiger partial charge in [-0.3, -0.25) is 9.59 Å². The van der Waals surface area contributed by atoms with Gasteiger partial charge in [0.05, 0.1) is 13.5 Å². The number of rotatable bonds is 4. The van der Waals surface area contributed by atoms with E-state index in [9.17, 15) is 9.59 Å². The Labute approximate surface area is 138 Å². The topological polar surface area (TPSA) is 49.9 Å². The second kappa shape index (κ2) is 7.99. The molecule has 5 heteroatoms. The van der Waals surface area contributed by atoms with Gasteiger partial charge >= 0.3 is 0 Å². The minimum Gasteiger partial charge on any atom is -0.497 e. The monoisotopic (exact) mass is 318 g/mol. The molecule has 1 heterocycles. The van der Waals surface area contributed by atoms with Gasteiger partial charge in [-0.25, -0.2) is 0 Å². The third-order valence-corrected chi connectivity index (χ3v) is 4.14. The molecule has 1 saturated heterocycles. The first-order chi connectivity index (χ1) is 11.0. The fourth-order valence-electron chi connectivity index (χ4n) is 2.82. The van der Waals surface area contributed by atoms with Crippen molar-refractivity contribution in [1.29, 1.82) is 0 Å². The SMILES string of the molecule is COc1cccc(CC(=O)N2CCCN(C(=O)C(C)C)CC2)c1. The molecule has 1 aromatic rings. The largest absolute Gasteiger partial charge is 0.497 e. The van der Waals surface area contributed by atoms with Crippen LogP contribution in [0.2, 0.25) is 0 Å². The van der Waals surface area contributed by atoms with Crippen LogP contribution in [0.25, 0.3) is 0 Å². The van der Waals surface area contributed by atoms with Crippen molar-refractivity contribution in [2.24, 2.45) is 5.92 Å². The standard InChI is InChI=1S/C18H26N2O3/c1-14(2)18(22)20-9-5-8-19(10-11-20)17(21)13-15-6-4-7-16(12-15)23-3/h4,6-7,12,14H,5,8-11,13H2,1-3H3. The summed E-state index contributed by atoms with van der Waals surface area (Å²) in [4.78, 5) is 28.4. The van der Waals surface area contributed by atoms with E-state index < -0.39 is 0 Å². The van der Waals surface area contributed by atoms with Gasteiger partial charge in [-0.1, -0.05) is 26.0 Å². The van der Waals surface area contributed by atoms with Crippen LogP contribution >= 0.6 is 0 Å². The van der Waals surface area contributed by atoms with E-state index in [0.29, 0.717) is 26.1 Å². The van der Waals surface area contributed by atoms with E-state index in [1.807, 2.05) is 47.9 Å². The Morgan fingerprint density at radius 3 is 2.52 bits per heavy atom. The summed E-state index contributed by atoms with van der Waals surface area (Å²) in [5.74, 6) is 1.05. The lowest BCUT2D eigenvalue weighted by molar-refractivity contribution is -0.135. The number of nitrogens with zero attached hydrogens (tertiary/aromatic N) is 2. The van der Waals surface area contributed by atoms with E-state index in [1.165, 1.54) is 0 Å². The maximum Gasteiger partial charge on any atom is 0.227 e. The molecule has 0 saturated carbocycles. The van der Waals surface area contributed by atoms with Crippen LogP contribution in [-0.2, 0) is 16.0 Å². The maximum absolute atomic E-state index is 12.5. The van der Waals surface area contributed by atoms with E-state index in [2.05, 4.69) is 0 Å². The molecule has 2 rings (SSSR count). The minimum absolute atomic E-state index is 0.00837. The van der Waals surface area contributed by atoms with Gasteiger partial charge in [-0.2, -0.15) is 0 Å². The molecule has 23 heavy (non-hydrogen) atoms. The molecule has 1 aromatic carbocycles. The van der Waals surface area contributed by atoms with Crippen molar-refractivity contribution in [3.05, 3.63) is 29.8 Å². The summed E-state index contributed by atoms with van der Waals surface area (Å²) in [5.41, 5.74) is 0.953. The smallest absolute Gasteiger partial charge is 0.227 e. The molecule has 2 amide bonds. The van der Waals surface area contributed by atoms with Gasteiger partial charge < -0.3 is 14.5 Å². The Morgan fingerprint density at radius 1 is 1.13 bits per heavy atom. The van der Waals surface area contributed by atoms with Gasteiger partial charge in [0, 0.05) is 32.1 Å². The lowest BCUT2D eigenvalue weighted by Gasteiger charge is -2.23. The molecule has 126 valence electrons. The normalized spacial score (nSPS) is 15.5. The summed E-state index contributed by atoms with van der Waals surface area (Å²) in [6.45, 7) is 6.52. The number of carbonyl (C=O) groups is 2. The van der Waals surface area contributed by atoms with Crippen LogP contribution in [0.15, 0.2) is 24.3 Å². The molecule has 0 aliphatic carbocycles. The molecule has 5 nitrogen and oxygen atoms in total. The lowest BCUT2D eigenvalue weighted by Crippen LogP contribution is -2.39. The number of hydrogen-bond acceptors (Lipinski definition) is 3. The highest BCUT2D eigenvalue weighted by atomic mass is 16.5. The number of benzene rings is 1. The summed E-state index contributed by atoms with van der Waals surface area (Å²) >= 11 is 0. The Morgan fingerprint density at radius 2 is 1.83 bits per heavy atom. The predicted molar refractivity (Wildman–Crippen MR) is 89.3 cm³/mol. The fourth-order valence-corrected chi connectivity index (χ4v) is 2.82. The van der Waals surface area contributed by atoms with Gasteiger partial charge in [-0.15, -0.1) is 0 Å². The second-order valence-corrected chi connectivity index (χ2v) is 6.24. The Balaban J connectivity index is 1.94. The van der Waals surface area contributed by atoms with Crippen LogP contribution in [0.4, 0.5) is 0 Å². The van der Waals surface area contributed by atoms with E-state index in [4.69, 9.17) is 4.74 Å². The zero-order valence-electron chi connectivity index (χ0n) is 14.2. The molecule has 0 radical (unpaired) electrons. The number of hydrogen-bond donors (Lipinski definition) is 0. The van der Waals surface area contributed by atoms with Crippen LogP contribution in [0.5, 0.6) is 5.75 Å². The molecule has 0 N–H and O–H groups in total. The van der Waals surface area contributed by atoms with Crippen molar-refractivity contribution in [2.75, 3.05) is 33.3 Å². The summed E-state index contributed by atoms with van der Waals surface area (Å²) < 4.78 is 5.20. The second-order valence-electron chi connectivity index (χ2n) is 6.24. The molecule has 0 unspecified atom stereocenters. The highest BCUT2D eigenvalue weighted by molar-refractivity contribution is 5.80. The van der Waals surface area contributed by atoms with Crippen molar-refractivity contribution >= 4 is 11.8 Å². The first kappa shape index (κ1) is 17.3. The average Bonchev–Trinajstić information content (AvgIpc) is 2.80. The third-order valence-electron chi connectivity index (χ3n) is 4.14. The number of carbonyl (C=O) groups excluding carboxylic acids is 2. The lowest BCUT2D eigenvalue weighted by atomic mass is 10.1. The van der Waals surface area contributed by atoms with E-state index in [-0.39, 0.29) is 17.7 Å². The van der Waals surface area contributed by atoms with E-state index >= 15 is 0 Å². The van der Waals surface area contributed by atoms with Crippen LogP contribution in [-0.4, -0.2) is 54.9 Å². The molecule has 0 aromatic heterocycles. The van der Waals surface area contributed by atoms with E-state index in [1.54, 1.807) is 7.11 Å². The fraction of sp³-hybridized carbons (Fsp3) is 0.556. The van der Waals surface area contributed by atoms with E-state index in [0.717, 1.165) is 24.3 Å².